The number of nitrogens with one attached hydrogen (secondary N) is 1. The molecule has 4 unspecified atom stereocenters. The van der Waals surface area contributed by atoms with E-state index in [0.717, 1.165) is 0 Å². The monoisotopic (exact) mass is 435 g/mol. The van der Waals surface area contributed by atoms with Crippen molar-refractivity contribution in [3.05, 3.63) is 33.7 Å². The first kappa shape index (κ1) is 24.2. The first-order chi connectivity index (χ1) is 13.3. The highest BCUT2D eigenvalue weighted by atomic mass is 31.2. The molecular weight excluding hydrogens is 404 g/mol. The Labute approximate surface area is 169 Å². The average Bonchev–Trinajstić information content (AvgIpc) is 2.89. The SMILES string of the molecule is CCC(C)(C[C@H]1O[C@@H](c2ccc(=O)[nH]c2C)[C@@H](F)C1O)OP(=O)(O)C(C)(O)CC. The van der Waals surface area contributed by atoms with Crippen LogP contribution in [0.15, 0.2) is 16.9 Å². The third kappa shape index (κ3) is 4.98. The van der Waals surface area contributed by atoms with Gasteiger partial charge >= 0.3 is 7.60 Å². The Morgan fingerprint density at radius 1 is 1.31 bits per heavy atom. The van der Waals surface area contributed by atoms with E-state index < -0.39 is 43.0 Å². The predicted octanol–water partition coefficient (Wildman–Crippen LogP) is 2.70. The summed E-state index contributed by atoms with van der Waals surface area (Å²) in [5, 5.41) is 18.7. The second kappa shape index (κ2) is 8.57. The molecule has 2 rings (SSSR count). The quantitative estimate of drug-likeness (QED) is 0.462. The fraction of sp³-hybridized carbons (Fsp3) is 0.737. The van der Waals surface area contributed by atoms with Crippen LogP contribution >= 0.6 is 7.60 Å². The van der Waals surface area contributed by atoms with Gasteiger partial charge in [-0.15, -0.1) is 0 Å². The highest BCUT2D eigenvalue weighted by molar-refractivity contribution is 7.54. The van der Waals surface area contributed by atoms with Crippen molar-refractivity contribution >= 4 is 7.60 Å². The molecule has 0 bridgehead atoms. The minimum absolute atomic E-state index is 0.00321. The van der Waals surface area contributed by atoms with Gasteiger partial charge in [-0.25, -0.2) is 4.39 Å². The molecule has 1 fully saturated rings. The van der Waals surface area contributed by atoms with Crippen LogP contribution in [-0.2, 0) is 13.8 Å². The van der Waals surface area contributed by atoms with E-state index in [1.165, 1.54) is 19.1 Å². The van der Waals surface area contributed by atoms with Crippen LogP contribution in [0.1, 0.15) is 64.3 Å². The molecule has 7 atom stereocenters. The number of alkyl halides is 1. The lowest BCUT2D eigenvalue weighted by molar-refractivity contribution is -0.0532. The topological polar surface area (TPSA) is 129 Å². The average molecular weight is 435 g/mol. The largest absolute Gasteiger partial charge is 0.387 e. The number of hydrogen-bond acceptors (Lipinski definition) is 6. The molecule has 166 valence electrons. The Kier molecular flexibility index (Phi) is 7.15. The van der Waals surface area contributed by atoms with Crippen molar-refractivity contribution in [3.63, 3.8) is 0 Å². The third-order valence-electron chi connectivity index (χ3n) is 5.79. The van der Waals surface area contributed by atoms with Crippen LogP contribution in [0.4, 0.5) is 4.39 Å². The molecule has 8 nitrogen and oxygen atoms in total. The molecule has 29 heavy (non-hydrogen) atoms. The summed E-state index contributed by atoms with van der Waals surface area (Å²) < 4.78 is 38.6. The number of ether oxygens (including phenoxy) is 1. The number of rotatable bonds is 8. The number of aromatic amines is 1. The molecule has 0 aliphatic carbocycles. The Balaban J connectivity index is 2.23. The van der Waals surface area contributed by atoms with Gasteiger partial charge in [-0.3, -0.25) is 9.36 Å². The van der Waals surface area contributed by atoms with E-state index in [1.54, 1.807) is 27.7 Å². The van der Waals surface area contributed by atoms with Crippen molar-refractivity contribution in [2.24, 2.45) is 0 Å². The number of aliphatic hydroxyl groups excluding tert-OH is 1. The molecule has 1 saturated heterocycles. The van der Waals surface area contributed by atoms with Crippen LogP contribution in [-0.4, -0.2) is 49.4 Å². The summed E-state index contributed by atoms with van der Waals surface area (Å²) >= 11 is 0. The van der Waals surface area contributed by atoms with Gasteiger partial charge in [-0.05, 0) is 39.7 Å². The van der Waals surface area contributed by atoms with Gasteiger partial charge in [0.25, 0.3) is 0 Å². The van der Waals surface area contributed by atoms with Crippen LogP contribution in [0.2, 0.25) is 0 Å². The van der Waals surface area contributed by atoms with Gasteiger partial charge in [0.15, 0.2) is 11.5 Å². The Morgan fingerprint density at radius 3 is 2.45 bits per heavy atom. The number of halogens is 1. The smallest absolute Gasteiger partial charge is 0.359 e. The van der Waals surface area contributed by atoms with Crippen molar-refractivity contribution in [2.75, 3.05) is 0 Å². The zero-order valence-electron chi connectivity index (χ0n) is 17.4. The number of hydrogen-bond donors (Lipinski definition) is 4. The maximum Gasteiger partial charge on any atom is 0.359 e. The molecule has 0 amide bonds. The number of aromatic nitrogens is 1. The first-order valence-electron chi connectivity index (χ1n) is 9.70. The van der Waals surface area contributed by atoms with E-state index in [0.29, 0.717) is 11.3 Å². The molecule has 1 aromatic heterocycles. The lowest BCUT2D eigenvalue weighted by atomic mass is 9.92. The van der Waals surface area contributed by atoms with Gasteiger partial charge in [0, 0.05) is 23.7 Å². The number of aliphatic hydroxyl groups is 2. The van der Waals surface area contributed by atoms with Crippen molar-refractivity contribution in [1.29, 1.82) is 0 Å². The number of H-pyrrole nitrogens is 1. The summed E-state index contributed by atoms with van der Waals surface area (Å²) in [4.78, 5) is 24.2. The minimum atomic E-state index is -4.43. The van der Waals surface area contributed by atoms with Crippen molar-refractivity contribution in [1.82, 2.24) is 4.98 Å². The standard InChI is InChI=1S/C19H31FNO7P/c1-6-18(4,28-29(25,26)19(5,24)7-2)10-13-16(23)15(20)17(27-13)12-8-9-14(22)21-11(12)3/h8-9,13,15-17,23-24H,6-7,10H2,1-5H3,(H,21,22)(H,25,26)/t13-,15+,16?,17+,18?,19?/m1/s1. The van der Waals surface area contributed by atoms with Gasteiger partial charge in [-0.1, -0.05) is 13.8 Å². The van der Waals surface area contributed by atoms with Crippen molar-refractivity contribution < 1.29 is 33.3 Å². The van der Waals surface area contributed by atoms with Gasteiger partial charge in [0.1, 0.15) is 12.2 Å². The molecule has 0 aromatic carbocycles. The van der Waals surface area contributed by atoms with Crippen molar-refractivity contribution in [2.45, 2.75) is 89.3 Å². The third-order valence-corrected chi connectivity index (χ3v) is 8.01. The van der Waals surface area contributed by atoms with Gasteiger partial charge in [0.2, 0.25) is 5.56 Å². The molecule has 0 radical (unpaired) electrons. The van der Waals surface area contributed by atoms with Crippen LogP contribution in [0.25, 0.3) is 0 Å². The molecule has 10 heteroatoms. The molecule has 1 aromatic rings. The summed E-state index contributed by atoms with van der Waals surface area (Å²) in [6, 6.07) is 2.71. The van der Waals surface area contributed by atoms with Gasteiger partial charge < -0.3 is 29.4 Å². The van der Waals surface area contributed by atoms with Crippen LogP contribution in [0.5, 0.6) is 0 Å². The number of aryl methyl sites for hydroxylation is 1. The van der Waals surface area contributed by atoms with E-state index in [2.05, 4.69) is 4.98 Å². The number of pyridine rings is 1. The van der Waals surface area contributed by atoms with Gasteiger partial charge in [0.05, 0.1) is 11.7 Å². The van der Waals surface area contributed by atoms with E-state index >= 15 is 0 Å². The van der Waals surface area contributed by atoms with Crippen LogP contribution in [0.3, 0.4) is 0 Å². The zero-order valence-corrected chi connectivity index (χ0v) is 18.3. The van der Waals surface area contributed by atoms with Crippen molar-refractivity contribution in [3.8, 4) is 0 Å². The summed E-state index contributed by atoms with van der Waals surface area (Å²) in [7, 11) is -4.43. The zero-order chi connectivity index (χ0) is 22.2. The maximum atomic E-state index is 14.8. The summed E-state index contributed by atoms with van der Waals surface area (Å²) in [6.45, 7) is 7.67. The minimum Gasteiger partial charge on any atom is -0.387 e. The molecule has 2 heterocycles. The second-order valence-electron chi connectivity index (χ2n) is 8.12. The summed E-state index contributed by atoms with van der Waals surface area (Å²) in [6.07, 6.45) is -5.11. The molecule has 0 spiro atoms. The van der Waals surface area contributed by atoms with Gasteiger partial charge in [-0.2, -0.15) is 0 Å². The molecule has 1 aliphatic heterocycles. The van der Waals surface area contributed by atoms with E-state index in [4.69, 9.17) is 9.26 Å². The molecular formula is C19H31FNO7P. The fourth-order valence-corrected chi connectivity index (χ4v) is 4.71. The van der Waals surface area contributed by atoms with Crippen LogP contribution < -0.4 is 5.56 Å². The first-order valence-corrected chi connectivity index (χ1v) is 11.3. The normalized spacial score (nSPS) is 31.1. The van der Waals surface area contributed by atoms with E-state index in [-0.39, 0.29) is 24.8 Å². The fourth-order valence-electron chi connectivity index (χ4n) is 3.31. The van der Waals surface area contributed by atoms with E-state index in [9.17, 15) is 28.9 Å². The molecule has 4 N–H and O–H groups in total. The Bertz CT molecular complexity index is 829. The Hall–Kier alpha value is -1.09. The van der Waals surface area contributed by atoms with Crippen LogP contribution in [0, 0.1) is 6.92 Å². The summed E-state index contributed by atoms with van der Waals surface area (Å²) in [5.41, 5.74) is -0.722. The summed E-state index contributed by atoms with van der Waals surface area (Å²) in [5.74, 6) is 0. The molecule has 0 saturated carbocycles. The lowest BCUT2D eigenvalue weighted by Gasteiger charge is -2.37. The lowest BCUT2D eigenvalue weighted by Crippen LogP contribution is -2.39. The Morgan fingerprint density at radius 2 is 1.93 bits per heavy atom. The predicted molar refractivity (Wildman–Crippen MR) is 105 cm³/mol. The highest BCUT2D eigenvalue weighted by Crippen LogP contribution is 2.59. The second-order valence-corrected chi connectivity index (χ2v) is 10.3. The maximum absolute atomic E-state index is 14.8. The highest BCUT2D eigenvalue weighted by Gasteiger charge is 2.51. The van der Waals surface area contributed by atoms with E-state index in [1.807, 2.05) is 0 Å². The molecule has 1 aliphatic rings.